The first-order valence-corrected chi connectivity index (χ1v) is 5.64. The predicted molar refractivity (Wildman–Crippen MR) is 68.3 cm³/mol. The number of anilines is 1. The van der Waals surface area contributed by atoms with E-state index in [4.69, 9.17) is 0 Å². The third kappa shape index (κ3) is 2.65. The van der Waals surface area contributed by atoms with Crippen molar-refractivity contribution in [1.82, 2.24) is 20.5 Å². The quantitative estimate of drug-likeness (QED) is 0.759. The molecule has 18 heavy (non-hydrogen) atoms. The molecule has 1 unspecified atom stereocenters. The van der Waals surface area contributed by atoms with E-state index in [-0.39, 0.29) is 11.9 Å². The van der Waals surface area contributed by atoms with Gasteiger partial charge in [-0.25, -0.2) is 4.98 Å². The van der Waals surface area contributed by atoms with Crippen LogP contribution >= 0.6 is 0 Å². The molecule has 0 aliphatic carbocycles. The van der Waals surface area contributed by atoms with Crippen LogP contribution in [0.3, 0.4) is 0 Å². The van der Waals surface area contributed by atoms with Crippen LogP contribution in [-0.4, -0.2) is 28.1 Å². The lowest BCUT2D eigenvalue weighted by atomic mass is 10.2. The van der Waals surface area contributed by atoms with Gasteiger partial charge in [-0.1, -0.05) is 0 Å². The molecule has 6 nitrogen and oxygen atoms in total. The van der Waals surface area contributed by atoms with Crippen molar-refractivity contribution in [3.8, 4) is 0 Å². The average Bonchev–Trinajstić information content (AvgIpc) is 2.92. The number of rotatable bonds is 4. The van der Waals surface area contributed by atoms with Gasteiger partial charge in [0.15, 0.2) is 0 Å². The van der Waals surface area contributed by atoms with Gasteiger partial charge in [-0.05, 0) is 31.2 Å². The van der Waals surface area contributed by atoms with E-state index in [1.807, 2.05) is 26.1 Å². The molecule has 2 aromatic rings. The number of aromatic nitrogens is 3. The summed E-state index contributed by atoms with van der Waals surface area (Å²) < 4.78 is 0. The summed E-state index contributed by atoms with van der Waals surface area (Å²) in [5.74, 6) is 0.497. The van der Waals surface area contributed by atoms with Crippen LogP contribution in [0.2, 0.25) is 0 Å². The highest BCUT2D eigenvalue weighted by atomic mass is 16.1. The van der Waals surface area contributed by atoms with Crippen LogP contribution in [0.4, 0.5) is 5.69 Å². The van der Waals surface area contributed by atoms with Crippen molar-refractivity contribution in [1.29, 1.82) is 0 Å². The largest absolute Gasteiger partial charge is 0.388 e. The number of aromatic amines is 1. The highest BCUT2D eigenvalue weighted by Gasteiger charge is 2.13. The number of carbonyl (C=O) groups is 1. The summed E-state index contributed by atoms with van der Waals surface area (Å²) in [5, 5.41) is 12.3. The van der Waals surface area contributed by atoms with E-state index >= 15 is 0 Å². The molecule has 1 aromatic heterocycles. The number of H-pyrrole nitrogens is 1. The molecule has 0 saturated carbocycles. The van der Waals surface area contributed by atoms with Crippen LogP contribution in [0.15, 0.2) is 30.6 Å². The van der Waals surface area contributed by atoms with Gasteiger partial charge in [0, 0.05) is 18.3 Å². The lowest BCUT2D eigenvalue weighted by molar-refractivity contribution is 0.0938. The van der Waals surface area contributed by atoms with Crippen LogP contribution in [0.25, 0.3) is 0 Å². The highest BCUT2D eigenvalue weighted by molar-refractivity contribution is 5.94. The second-order valence-corrected chi connectivity index (χ2v) is 3.89. The fourth-order valence-corrected chi connectivity index (χ4v) is 1.56. The number of nitrogens with one attached hydrogen (secondary N) is 3. The standard InChI is InChI=1S/C12H15N5O/c1-8(11-14-7-15-17-11)16-12(18)9-3-5-10(13-2)6-4-9/h3-8,13H,1-2H3,(H,16,18)(H,14,15,17). The van der Waals surface area contributed by atoms with Crippen molar-refractivity contribution in [2.45, 2.75) is 13.0 Å². The van der Waals surface area contributed by atoms with Crippen molar-refractivity contribution in [2.75, 3.05) is 12.4 Å². The Bertz CT molecular complexity index is 506. The summed E-state index contributed by atoms with van der Waals surface area (Å²) in [7, 11) is 1.83. The minimum atomic E-state index is -0.205. The Labute approximate surface area is 105 Å². The van der Waals surface area contributed by atoms with Gasteiger partial charge < -0.3 is 10.6 Å². The van der Waals surface area contributed by atoms with E-state index in [2.05, 4.69) is 25.8 Å². The molecule has 0 aliphatic rings. The topological polar surface area (TPSA) is 82.7 Å². The van der Waals surface area contributed by atoms with E-state index in [1.54, 1.807) is 12.1 Å². The number of hydrogen-bond donors (Lipinski definition) is 3. The Balaban J connectivity index is 2.03. The Morgan fingerprint density at radius 2 is 2.06 bits per heavy atom. The molecule has 0 radical (unpaired) electrons. The number of benzene rings is 1. The molecule has 1 amide bonds. The molecular weight excluding hydrogens is 230 g/mol. The Hall–Kier alpha value is -2.37. The van der Waals surface area contributed by atoms with Crippen molar-refractivity contribution in [3.63, 3.8) is 0 Å². The van der Waals surface area contributed by atoms with Gasteiger partial charge in [0.05, 0.1) is 6.04 Å². The normalized spacial score (nSPS) is 11.9. The van der Waals surface area contributed by atoms with Crippen LogP contribution in [0.1, 0.15) is 29.1 Å². The molecular formula is C12H15N5O. The van der Waals surface area contributed by atoms with Crippen molar-refractivity contribution in [3.05, 3.63) is 42.0 Å². The molecule has 0 spiro atoms. The summed E-state index contributed by atoms with van der Waals surface area (Å²) in [4.78, 5) is 16.0. The first kappa shape index (κ1) is 12.1. The van der Waals surface area contributed by atoms with Crippen LogP contribution in [0.5, 0.6) is 0 Å². The monoisotopic (exact) mass is 245 g/mol. The van der Waals surface area contributed by atoms with Crippen molar-refractivity contribution >= 4 is 11.6 Å². The zero-order valence-electron chi connectivity index (χ0n) is 10.3. The SMILES string of the molecule is CNc1ccc(C(=O)NC(C)c2ncn[nH]2)cc1. The lowest BCUT2D eigenvalue weighted by Gasteiger charge is -2.11. The molecule has 0 fully saturated rings. The fourth-order valence-electron chi connectivity index (χ4n) is 1.56. The van der Waals surface area contributed by atoms with Gasteiger partial charge in [-0.3, -0.25) is 9.89 Å². The van der Waals surface area contributed by atoms with E-state index in [1.165, 1.54) is 6.33 Å². The molecule has 2 rings (SSSR count). The van der Waals surface area contributed by atoms with Crippen LogP contribution < -0.4 is 10.6 Å². The van der Waals surface area contributed by atoms with Crippen molar-refractivity contribution in [2.24, 2.45) is 0 Å². The molecule has 0 saturated heterocycles. The molecule has 1 atom stereocenters. The molecule has 0 bridgehead atoms. The van der Waals surface area contributed by atoms with Gasteiger partial charge in [0.1, 0.15) is 12.2 Å². The first-order chi connectivity index (χ1) is 8.70. The molecule has 3 N–H and O–H groups in total. The second kappa shape index (κ2) is 5.31. The lowest BCUT2D eigenvalue weighted by Crippen LogP contribution is -2.27. The molecule has 1 aromatic carbocycles. The summed E-state index contributed by atoms with van der Waals surface area (Å²) >= 11 is 0. The maximum Gasteiger partial charge on any atom is 0.251 e. The Morgan fingerprint density at radius 3 is 2.61 bits per heavy atom. The zero-order valence-corrected chi connectivity index (χ0v) is 10.3. The summed E-state index contributed by atoms with van der Waals surface area (Å²) in [6, 6.07) is 7.05. The summed E-state index contributed by atoms with van der Waals surface area (Å²) in [5.41, 5.74) is 1.58. The maximum absolute atomic E-state index is 12.0. The van der Waals surface area contributed by atoms with E-state index in [0.717, 1.165) is 5.69 Å². The summed E-state index contributed by atoms with van der Waals surface area (Å²) in [6.07, 6.45) is 1.42. The van der Waals surface area contributed by atoms with Gasteiger partial charge >= 0.3 is 0 Å². The average molecular weight is 245 g/mol. The zero-order chi connectivity index (χ0) is 13.0. The van der Waals surface area contributed by atoms with Gasteiger partial charge in [-0.15, -0.1) is 0 Å². The maximum atomic E-state index is 12.0. The third-order valence-corrected chi connectivity index (χ3v) is 2.63. The smallest absolute Gasteiger partial charge is 0.251 e. The van der Waals surface area contributed by atoms with E-state index in [0.29, 0.717) is 11.4 Å². The minimum Gasteiger partial charge on any atom is -0.388 e. The van der Waals surface area contributed by atoms with Crippen LogP contribution in [-0.2, 0) is 0 Å². The number of hydrogen-bond acceptors (Lipinski definition) is 4. The van der Waals surface area contributed by atoms with Crippen molar-refractivity contribution < 1.29 is 4.79 Å². The number of nitrogens with zero attached hydrogens (tertiary/aromatic N) is 2. The molecule has 6 heteroatoms. The third-order valence-electron chi connectivity index (χ3n) is 2.63. The number of carbonyl (C=O) groups excluding carboxylic acids is 1. The molecule has 0 aliphatic heterocycles. The highest BCUT2D eigenvalue weighted by Crippen LogP contribution is 2.10. The Morgan fingerprint density at radius 1 is 1.33 bits per heavy atom. The fraction of sp³-hybridized carbons (Fsp3) is 0.250. The van der Waals surface area contributed by atoms with Gasteiger partial charge in [0.25, 0.3) is 5.91 Å². The van der Waals surface area contributed by atoms with E-state index < -0.39 is 0 Å². The van der Waals surface area contributed by atoms with Gasteiger partial charge in [-0.2, -0.15) is 5.10 Å². The minimum absolute atomic E-state index is 0.137. The van der Waals surface area contributed by atoms with Crippen LogP contribution in [0, 0.1) is 0 Å². The first-order valence-electron chi connectivity index (χ1n) is 5.64. The summed E-state index contributed by atoms with van der Waals surface area (Å²) in [6.45, 7) is 1.85. The Kier molecular flexibility index (Phi) is 3.57. The second-order valence-electron chi connectivity index (χ2n) is 3.89. The molecule has 1 heterocycles. The molecule has 94 valence electrons. The predicted octanol–water partition coefficient (Wildman–Crippen LogP) is 1.34. The van der Waals surface area contributed by atoms with E-state index in [9.17, 15) is 4.79 Å². The number of amides is 1. The van der Waals surface area contributed by atoms with Gasteiger partial charge in [0.2, 0.25) is 0 Å².